The Hall–Kier alpha value is -3.09. The first kappa shape index (κ1) is 22.6. The van der Waals surface area contributed by atoms with Gasteiger partial charge in [0.05, 0.1) is 19.8 Å². The maximum absolute atomic E-state index is 13.9. The minimum atomic E-state index is -0.486. The van der Waals surface area contributed by atoms with Crippen molar-refractivity contribution in [3.8, 4) is 11.5 Å². The Morgan fingerprint density at radius 2 is 1.71 bits per heavy atom. The summed E-state index contributed by atoms with van der Waals surface area (Å²) in [5.74, 6) is 0.988. The molecular formula is C24H29FN2O4. The summed E-state index contributed by atoms with van der Waals surface area (Å²) in [6.07, 6.45) is 2.85. The van der Waals surface area contributed by atoms with Gasteiger partial charge in [0.2, 0.25) is 5.91 Å². The van der Waals surface area contributed by atoms with Crippen LogP contribution in [0.2, 0.25) is 0 Å². The molecule has 1 heterocycles. The normalized spacial score (nSPS) is 14.2. The predicted molar refractivity (Wildman–Crippen MR) is 116 cm³/mol. The van der Waals surface area contributed by atoms with Crippen molar-refractivity contribution in [2.24, 2.45) is 5.92 Å². The summed E-state index contributed by atoms with van der Waals surface area (Å²) >= 11 is 0. The first-order valence-electron chi connectivity index (χ1n) is 10.5. The number of nitrogens with zero attached hydrogens (tertiary/aromatic N) is 1. The standard InChI is InChI=1S/C24H29FN2O4/c1-30-19-13-18(14-20(15-19)31-2)16-26-23(28)8-7-17-9-11-27(12-10-17)24(29)21-5-3-4-6-22(21)25/h3-6,13-15,17H,7-12,16H2,1-2H3,(H,26,28). The van der Waals surface area contributed by atoms with E-state index >= 15 is 0 Å². The van der Waals surface area contributed by atoms with Crippen LogP contribution in [0, 0.1) is 11.7 Å². The van der Waals surface area contributed by atoms with E-state index in [-0.39, 0.29) is 17.4 Å². The number of hydrogen-bond acceptors (Lipinski definition) is 4. The average molecular weight is 429 g/mol. The van der Waals surface area contributed by atoms with E-state index in [1.807, 2.05) is 12.1 Å². The van der Waals surface area contributed by atoms with Gasteiger partial charge < -0.3 is 19.7 Å². The zero-order valence-corrected chi connectivity index (χ0v) is 18.0. The van der Waals surface area contributed by atoms with Gasteiger partial charge in [-0.1, -0.05) is 12.1 Å². The minimum absolute atomic E-state index is 0.00773. The maximum Gasteiger partial charge on any atom is 0.256 e. The van der Waals surface area contributed by atoms with Crippen LogP contribution in [-0.4, -0.2) is 44.0 Å². The molecule has 6 nitrogen and oxygen atoms in total. The molecular weight excluding hydrogens is 399 g/mol. The van der Waals surface area contributed by atoms with Gasteiger partial charge >= 0.3 is 0 Å². The highest BCUT2D eigenvalue weighted by Crippen LogP contribution is 2.24. The molecule has 166 valence electrons. The number of likely N-dealkylation sites (tertiary alicyclic amines) is 1. The molecule has 3 rings (SSSR count). The van der Waals surface area contributed by atoms with Gasteiger partial charge in [-0.25, -0.2) is 4.39 Å². The molecule has 1 aliphatic rings. The average Bonchev–Trinajstić information content (AvgIpc) is 2.81. The number of piperidine rings is 1. The Morgan fingerprint density at radius 1 is 1.06 bits per heavy atom. The predicted octanol–water partition coefficient (Wildman–Crippen LogP) is 3.79. The molecule has 0 saturated carbocycles. The molecule has 2 aromatic carbocycles. The number of nitrogens with one attached hydrogen (secondary N) is 1. The highest BCUT2D eigenvalue weighted by atomic mass is 19.1. The first-order valence-corrected chi connectivity index (χ1v) is 10.5. The van der Waals surface area contributed by atoms with E-state index in [2.05, 4.69) is 5.32 Å². The van der Waals surface area contributed by atoms with Gasteiger partial charge in [0.25, 0.3) is 5.91 Å². The number of methoxy groups -OCH3 is 2. The van der Waals surface area contributed by atoms with E-state index in [0.29, 0.717) is 43.5 Å². The molecule has 2 amide bonds. The van der Waals surface area contributed by atoms with Gasteiger partial charge in [0, 0.05) is 32.1 Å². The molecule has 1 N–H and O–H groups in total. The summed E-state index contributed by atoms with van der Waals surface area (Å²) in [4.78, 5) is 26.5. The third-order valence-electron chi connectivity index (χ3n) is 5.69. The van der Waals surface area contributed by atoms with Gasteiger partial charge in [0.1, 0.15) is 17.3 Å². The SMILES string of the molecule is COc1cc(CNC(=O)CCC2CCN(C(=O)c3ccccc3F)CC2)cc(OC)c1. The summed E-state index contributed by atoms with van der Waals surface area (Å²) in [7, 11) is 3.18. The molecule has 0 spiro atoms. The Labute approximate surface area is 182 Å². The van der Waals surface area contributed by atoms with Crippen LogP contribution in [0.4, 0.5) is 4.39 Å². The second-order valence-corrected chi connectivity index (χ2v) is 7.75. The zero-order valence-electron chi connectivity index (χ0n) is 18.0. The Balaban J connectivity index is 1.41. The second kappa shape index (κ2) is 10.8. The lowest BCUT2D eigenvalue weighted by molar-refractivity contribution is -0.121. The van der Waals surface area contributed by atoms with Crippen LogP contribution in [0.25, 0.3) is 0 Å². The molecule has 7 heteroatoms. The summed E-state index contributed by atoms with van der Waals surface area (Å²) in [6.45, 7) is 1.58. The van der Waals surface area contributed by atoms with Crippen LogP contribution < -0.4 is 14.8 Å². The van der Waals surface area contributed by atoms with Gasteiger partial charge in [-0.05, 0) is 55.0 Å². The number of ether oxygens (including phenoxy) is 2. The molecule has 31 heavy (non-hydrogen) atoms. The number of hydrogen-bond donors (Lipinski definition) is 1. The third-order valence-corrected chi connectivity index (χ3v) is 5.69. The number of benzene rings is 2. The fraction of sp³-hybridized carbons (Fsp3) is 0.417. The summed E-state index contributed by atoms with van der Waals surface area (Å²) in [6, 6.07) is 11.6. The van der Waals surface area contributed by atoms with Crippen LogP contribution in [-0.2, 0) is 11.3 Å². The monoisotopic (exact) mass is 428 g/mol. The molecule has 0 bridgehead atoms. The van der Waals surface area contributed by atoms with Gasteiger partial charge in [-0.15, -0.1) is 0 Å². The van der Waals surface area contributed by atoms with Gasteiger partial charge in [0.15, 0.2) is 0 Å². The number of halogens is 1. The Bertz CT molecular complexity index is 888. The fourth-order valence-electron chi connectivity index (χ4n) is 3.82. The fourth-order valence-corrected chi connectivity index (χ4v) is 3.82. The van der Waals surface area contributed by atoms with Crippen LogP contribution in [0.3, 0.4) is 0 Å². The molecule has 1 fully saturated rings. The molecule has 0 radical (unpaired) electrons. The van der Waals surface area contributed by atoms with E-state index in [0.717, 1.165) is 24.8 Å². The lowest BCUT2D eigenvalue weighted by Crippen LogP contribution is -2.39. The number of carbonyl (C=O) groups excluding carboxylic acids is 2. The molecule has 0 unspecified atom stereocenters. The maximum atomic E-state index is 13.9. The van der Waals surface area contributed by atoms with Crippen LogP contribution in [0.1, 0.15) is 41.6 Å². The smallest absolute Gasteiger partial charge is 0.256 e. The van der Waals surface area contributed by atoms with Gasteiger partial charge in [-0.3, -0.25) is 9.59 Å². The van der Waals surface area contributed by atoms with Crippen LogP contribution in [0.5, 0.6) is 11.5 Å². The molecule has 2 aromatic rings. The van der Waals surface area contributed by atoms with E-state index in [4.69, 9.17) is 9.47 Å². The molecule has 0 aliphatic carbocycles. The van der Waals surface area contributed by atoms with Crippen molar-refractivity contribution in [2.75, 3.05) is 27.3 Å². The van der Waals surface area contributed by atoms with Crippen molar-refractivity contribution >= 4 is 11.8 Å². The van der Waals surface area contributed by atoms with E-state index in [1.54, 1.807) is 37.3 Å². The molecule has 0 atom stereocenters. The number of carbonyl (C=O) groups is 2. The highest BCUT2D eigenvalue weighted by molar-refractivity contribution is 5.94. The largest absolute Gasteiger partial charge is 0.497 e. The lowest BCUT2D eigenvalue weighted by Gasteiger charge is -2.32. The summed E-state index contributed by atoms with van der Waals surface area (Å²) < 4.78 is 24.4. The van der Waals surface area contributed by atoms with Gasteiger partial charge in [-0.2, -0.15) is 0 Å². The third kappa shape index (κ3) is 6.20. The highest BCUT2D eigenvalue weighted by Gasteiger charge is 2.25. The Kier molecular flexibility index (Phi) is 7.87. The number of amides is 2. The Morgan fingerprint density at radius 3 is 2.32 bits per heavy atom. The van der Waals surface area contributed by atoms with Crippen molar-refractivity contribution < 1.29 is 23.5 Å². The molecule has 1 saturated heterocycles. The van der Waals surface area contributed by atoms with Crippen LogP contribution in [0.15, 0.2) is 42.5 Å². The van der Waals surface area contributed by atoms with Crippen molar-refractivity contribution in [1.82, 2.24) is 10.2 Å². The molecule has 0 aromatic heterocycles. The number of rotatable bonds is 8. The topological polar surface area (TPSA) is 67.9 Å². The lowest BCUT2D eigenvalue weighted by atomic mass is 9.91. The van der Waals surface area contributed by atoms with E-state index < -0.39 is 5.82 Å². The zero-order chi connectivity index (χ0) is 22.2. The van der Waals surface area contributed by atoms with E-state index in [9.17, 15) is 14.0 Å². The minimum Gasteiger partial charge on any atom is -0.497 e. The van der Waals surface area contributed by atoms with Crippen molar-refractivity contribution in [1.29, 1.82) is 0 Å². The van der Waals surface area contributed by atoms with Crippen molar-refractivity contribution in [3.05, 3.63) is 59.4 Å². The quantitative estimate of drug-likeness (QED) is 0.695. The van der Waals surface area contributed by atoms with Crippen LogP contribution >= 0.6 is 0 Å². The first-order chi connectivity index (χ1) is 15.0. The van der Waals surface area contributed by atoms with Crippen molar-refractivity contribution in [3.63, 3.8) is 0 Å². The second-order valence-electron chi connectivity index (χ2n) is 7.75. The molecule has 1 aliphatic heterocycles. The summed E-state index contributed by atoms with van der Waals surface area (Å²) in [5.41, 5.74) is 1.03. The summed E-state index contributed by atoms with van der Waals surface area (Å²) in [5, 5.41) is 2.94. The van der Waals surface area contributed by atoms with E-state index in [1.165, 1.54) is 12.1 Å². The van der Waals surface area contributed by atoms with Crippen molar-refractivity contribution in [2.45, 2.75) is 32.2 Å².